The van der Waals surface area contributed by atoms with Gasteiger partial charge in [-0.2, -0.15) is 0 Å². The number of hydrogen-bond donors (Lipinski definition) is 1. The fourth-order valence-corrected chi connectivity index (χ4v) is 1.08. The molecular formula is C9H10O5. The molecule has 0 spiro atoms. The Kier molecular flexibility index (Phi) is 2.91. The summed E-state index contributed by atoms with van der Waals surface area (Å²) < 4.78 is 9.47. The van der Waals surface area contributed by atoms with Crippen LogP contribution in [0.2, 0.25) is 0 Å². The van der Waals surface area contributed by atoms with Crippen molar-refractivity contribution in [3.8, 4) is 0 Å². The molecule has 14 heavy (non-hydrogen) atoms. The number of ether oxygens (including phenoxy) is 1. The van der Waals surface area contributed by atoms with Crippen molar-refractivity contribution in [2.75, 3.05) is 7.11 Å². The Morgan fingerprint density at radius 2 is 2.21 bits per heavy atom. The van der Waals surface area contributed by atoms with Crippen molar-refractivity contribution in [1.29, 1.82) is 0 Å². The molecule has 1 rings (SSSR count). The number of carboxylic acid groups (broad SMARTS) is 1. The van der Waals surface area contributed by atoms with E-state index in [2.05, 4.69) is 4.74 Å². The van der Waals surface area contributed by atoms with E-state index in [-0.39, 0.29) is 17.7 Å². The lowest BCUT2D eigenvalue weighted by atomic mass is 10.2. The summed E-state index contributed by atoms with van der Waals surface area (Å²) in [6, 6.07) is 1.38. The fourth-order valence-electron chi connectivity index (χ4n) is 1.08. The number of esters is 1. The quantitative estimate of drug-likeness (QED) is 0.733. The van der Waals surface area contributed by atoms with Crippen LogP contribution in [-0.2, 0) is 16.0 Å². The monoisotopic (exact) mass is 198 g/mol. The molecule has 5 heteroatoms. The molecule has 1 aromatic heterocycles. The number of carbonyl (C=O) groups is 2. The highest BCUT2D eigenvalue weighted by molar-refractivity contribution is 5.90. The van der Waals surface area contributed by atoms with Crippen molar-refractivity contribution in [3.05, 3.63) is 23.2 Å². The van der Waals surface area contributed by atoms with Crippen LogP contribution in [0.4, 0.5) is 0 Å². The number of aromatic carboxylic acids is 1. The molecule has 5 nitrogen and oxygen atoms in total. The predicted molar refractivity (Wildman–Crippen MR) is 46.1 cm³/mol. The number of carbonyl (C=O) groups excluding carboxylic acids is 1. The first-order valence-corrected chi connectivity index (χ1v) is 3.94. The molecule has 0 aliphatic rings. The van der Waals surface area contributed by atoms with Gasteiger partial charge >= 0.3 is 11.9 Å². The summed E-state index contributed by atoms with van der Waals surface area (Å²) in [4.78, 5) is 21.6. The lowest BCUT2D eigenvalue weighted by molar-refractivity contribution is -0.140. The number of rotatable bonds is 3. The summed E-state index contributed by atoms with van der Waals surface area (Å²) in [5.74, 6) is -1.05. The standard InChI is InChI=1S/C9H10O5/c1-5-3-6(9(11)12)7(14-5)4-8(10)13-2/h3H,4H2,1-2H3,(H,11,12). The minimum absolute atomic E-state index is 0.00731. The summed E-state index contributed by atoms with van der Waals surface area (Å²) in [7, 11) is 1.23. The van der Waals surface area contributed by atoms with Gasteiger partial charge in [-0.1, -0.05) is 0 Å². The van der Waals surface area contributed by atoms with E-state index in [1.807, 2.05) is 0 Å². The summed E-state index contributed by atoms with van der Waals surface area (Å²) in [5.41, 5.74) is 0.00731. The molecule has 0 atom stereocenters. The first-order chi connectivity index (χ1) is 6.54. The molecule has 0 aliphatic heterocycles. The van der Waals surface area contributed by atoms with Crippen molar-refractivity contribution in [1.82, 2.24) is 0 Å². The topological polar surface area (TPSA) is 76.7 Å². The van der Waals surface area contributed by atoms with E-state index in [1.165, 1.54) is 13.2 Å². The van der Waals surface area contributed by atoms with Gasteiger partial charge in [0.1, 0.15) is 23.5 Å². The maximum Gasteiger partial charge on any atom is 0.339 e. The Balaban J connectivity index is 2.95. The van der Waals surface area contributed by atoms with Crippen LogP contribution in [0.5, 0.6) is 0 Å². The molecule has 1 N–H and O–H groups in total. The van der Waals surface area contributed by atoms with Gasteiger partial charge < -0.3 is 14.3 Å². The van der Waals surface area contributed by atoms with Crippen LogP contribution >= 0.6 is 0 Å². The van der Waals surface area contributed by atoms with Crippen molar-refractivity contribution >= 4 is 11.9 Å². The number of aryl methyl sites for hydroxylation is 1. The minimum Gasteiger partial charge on any atom is -0.478 e. The van der Waals surface area contributed by atoms with Gasteiger partial charge in [-0.15, -0.1) is 0 Å². The van der Waals surface area contributed by atoms with Gasteiger partial charge in [0.2, 0.25) is 0 Å². The Labute approximate surface area is 80.3 Å². The fraction of sp³-hybridized carbons (Fsp3) is 0.333. The predicted octanol–water partition coefficient (Wildman–Crippen LogP) is 1.00. The Morgan fingerprint density at radius 3 is 2.71 bits per heavy atom. The lowest BCUT2D eigenvalue weighted by Gasteiger charge is -1.97. The van der Waals surface area contributed by atoms with E-state index in [4.69, 9.17) is 9.52 Å². The molecule has 1 aromatic rings. The summed E-state index contributed by atoms with van der Waals surface area (Å²) in [5, 5.41) is 8.75. The Hall–Kier alpha value is -1.78. The zero-order valence-corrected chi connectivity index (χ0v) is 7.86. The molecule has 0 unspecified atom stereocenters. The normalized spacial score (nSPS) is 9.86. The summed E-state index contributed by atoms with van der Waals surface area (Å²) in [6.45, 7) is 1.62. The zero-order chi connectivity index (χ0) is 10.7. The molecule has 0 amide bonds. The second-order valence-electron chi connectivity index (χ2n) is 2.75. The number of furan rings is 1. The molecule has 0 bridgehead atoms. The molecule has 0 aliphatic carbocycles. The van der Waals surface area contributed by atoms with Crippen LogP contribution < -0.4 is 0 Å². The molecule has 0 radical (unpaired) electrons. The number of methoxy groups -OCH3 is 1. The van der Waals surface area contributed by atoms with Gasteiger partial charge in [-0.25, -0.2) is 4.79 Å². The highest BCUT2D eigenvalue weighted by atomic mass is 16.5. The second-order valence-corrected chi connectivity index (χ2v) is 2.75. The van der Waals surface area contributed by atoms with Crippen LogP contribution in [0.25, 0.3) is 0 Å². The van der Waals surface area contributed by atoms with Gasteiger partial charge in [0.05, 0.1) is 7.11 Å². The summed E-state index contributed by atoms with van der Waals surface area (Å²) in [6.07, 6.45) is -0.161. The van der Waals surface area contributed by atoms with Crippen LogP contribution in [0.3, 0.4) is 0 Å². The van der Waals surface area contributed by atoms with Gasteiger partial charge in [-0.3, -0.25) is 4.79 Å². The van der Waals surface area contributed by atoms with Gasteiger partial charge in [0, 0.05) is 0 Å². The second kappa shape index (κ2) is 3.95. The van der Waals surface area contributed by atoms with Crippen molar-refractivity contribution in [3.63, 3.8) is 0 Å². The molecule has 0 aromatic carbocycles. The third kappa shape index (κ3) is 2.12. The Bertz CT molecular complexity index is 363. The zero-order valence-electron chi connectivity index (χ0n) is 7.86. The highest BCUT2D eigenvalue weighted by Crippen LogP contribution is 2.15. The highest BCUT2D eigenvalue weighted by Gasteiger charge is 2.18. The van der Waals surface area contributed by atoms with Gasteiger partial charge in [0.25, 0.3) is 0 Å². The molecule has 1 heterocycles. The minimum atomic E-state index is -1.11. The SMILES string of the molecule is COC(=O)Cc1oc(C)cc1C(=O)O. The smallest absolute Gasteiger partial charge is 0.339 e. The van der Waals surface area contributed by atoms with Crippen molar-refractivity contribution in [2.45, 2.75) is 13.3 Å². The average Bonchev–Trinajstić information content (AvgIpc) is 2.46. The van der Waals surface area contributed by atoms with E-state index >= 15 is 0 Å². The molecule has 0 saturated heterocycles. The summed E-state index contributed by atoms with van der Waals surface area (Å²) >= 11 is 0. The third-order valence-electron chi connectivity index (χ3n) is 1.70. The van der Waals surface area contributed by atoms with Crippen LogP contribution in [-0.4, -0.2) is 24.2 Å². The maximum atomic E-state index is 10.9. The Morgan fingerprint density at radius 1 is 1.57 bits per heavy atom. The van der Waals surface area contributed by atoms with E-state index in [9.17, 15) is 9.59 Å². The van der Waals surface area contributed by atoms with Crippen LogP contribution in [0.15, 0.2) is 10.5 Å². The number of hydrogen-bond acceptors (Lipinski definition) is 4. The van der Waals surface area contributed by atoms with Crippen LogP contribution in [0, 0.1) is 6.92 Å². The first-order valence-electron chi connectivity index (χ1n) is 3.94. The first kappa shape index (κ1) is 10.3. The molecular weight excluding hydrogens is 188 g/mol. The van der Waals surface area contributed by atoms with Crippen molar-refractivity contribution < 1.29 is 23.8 Å². The maximum absolute atomic E-state index is 10.9. The van der Waals surface area contributed by atoms with Crippen LogP contribution in [0.1, 0.15) is 21.9 Å². The molecule has 0 saturated carbocycles. The van der Waals surface area contributed by atoms with Gasteiger partial charge in [0.15, 0.2) is 0 Å². The molecule has 0 fully saturated rings. The van der Waals surface area contributed by atoms with Crippen molar-refractivity contribution in [2.24, 2.45) is 0 Å². The van der Waals surface area contributed by atoms with E-state index in [0.29, 0.717) is 5.76 Å². The average molecular weight is 198 g/mol. The molecule has 76 valence electrons. The van der Waals surface area contributed by atoms with E-state index in [0.717, 1.165) is 0 Å². The van der Waals surface area contributed by atoms with E-state index in [1.54, 1.807) is 6.92 Å². The lowest BCUT2D eigenvalue weighted by Crippen LogP contribution is -2.07. The third-order valence-corrected chi connectivity index (χ3v) is 1.70. The van der Waals surface area contributed by atoms with E-state index < -0.39 is 11.9 Å². The van der Waals surface area contributed by atoms with Gasteiger partial charge in [-0.05, 0) is 13.0 Å². The number of carboxylic acids is 1. The largest absolute Gasteiger partial charge is 0.478 e.